The van der Waals surface area contributed by atoms with Gasteiger partial charge in [-0.2, -0.15) is 13.5 Å². The molecule has 0 fully saturated rings. The van der Waals surface area contributed by atoms with Gasteiger partial charge < -0.3 is 0 Å². The molecule has 2 rings (SSSR count). The Morgan fingerprint density at radius 1 is 1.10 bits per heavy atom. The van der Waals surface area contributed by atoms with Crippen molar-refractivity contribution in [3.63, 3.8) is 0 Å². The number of hydrogen-bond donors (Lipinski definition) is 1. The molecule has 0 heterocycles. The molecule has 0 aliphatic carbocycles. The van der Waals surface area contributed by atoms with E-state index in [0.717, 1.165) is 21.2 Å². The molecule has 0 bridgehead atoms. The van der Waals surface area contributed by atoms with Gasteiger partial charge in [0.2, 0.25) is 0 Å². The molecule has 0 radical (unpaired) electrons. The molecule has 0 amide bonds. The van der Waals surface area contributed by atoms with E-state index < -0.39 is 10.0 Å². The van der Waals surface area contributed by atoms with Crippen molar-refractivity contribution in [1.29, 1.82) is 0 Å². The minimum atomic E-state index is -3.63. The average molecular weight is 367 g/mol. The van der Waals surface area contributed by atoms with Crippen LogP contribution in [0, 0.1) is 13.8 Å². The lowest BCUT2D eigenvalue weighted by Gasteiger charge is -2.04. The predicted molar refractivity (Wildman–Crippen MR) is 88.0 cm³/mol. The first-order chi connectivity index (χ1) is 9.88. The highest BCUT2D eigenvalue weighted by atomic mass is 79.9. The van der Waals surface area contributed by atoms with E-state index in [0.29, 0.717) is 0 Å². The summed E-state index contributed by atoms with van der Waals surface area (Å²) in [5.41, 5.74) is 2.86. The Bertz CT molecular complexity index is 769. The van der Waals surface area contributed by atoms with E-state index in [1.807, 2.05) is 32.0 Å². The zero-order valence-corrected chi connectivity index (χ0v) is 14.1. The summed E-state index contributed by atoms with van der Waals surface area (Å²) in [5, 5.41) is 3.82. The van der Waals surface area contributed by atoms with Crippen LogP contribution in [0.15, 0.2) is 56.9 Å². The standard InChI is InChI=1S/C15H15BrN2O2S/c1-11-3-7-15(8-4-11)21(19,20)18-17-10-13-5-6-14(16)9-12(13)2/h3-10,18H,1-2H3. The predicted octanol–water partition coefficient (Wildman–Crippen LogP) is 3.38. The van der Waals surface area contributed by atoms with E-state index in [1.165, 1.54) is 6.21 Å². The molecular weight excluding hydrogens is 352 g/mol. The highest BCUT2D eigenvalue weighted by Gasteiger charge is 2.11. The van der Waals surface area contributed by atoms with Crippen LogP contribution in [0.5, 0.6) is 0 Å². The van der Waals surface area contributed by atoms with Crippen LogP contribution in [0.25, 0.3) is 0 Å². The summed E-state index contributed by atoms with van der Waals surface area (Å²) < 4.78 is 25.1. The molecule has 0 saturated heterocycles. The Morgan fingerprint density at radius 2 is 1.76 bits per heavy atom. The van der Waals surface area contributed by atoms with Crippen molar-refractivity contribution in [2.45, 2.75) is 18.7 Å². The maximum atomic E-state index is 12.0. The van der Waals surface area contributed by atoms with Gasteiger partial charge in [0.15, 0.2) is 0 Å². The van der Waals surface area contributed by atoms with Gasteiger partial charge in [-0.3, -0.25) is 0 Å². The van der Waals surface area contributed by atoms with Crippen LogP contribution in [0.3, 0.4) is 0 Å². The summed E-state index contributed by atoms with van der Waals surface area (Å²) in [7, 11) is -3.63. The van der Waals surface area contributed by atoms with E-state index >= 15 is 0 Å². The number of nitrogens with one attached hydrogen (secondary N) is 1. The Kier molecular flexibility index (Phi) is 4.80. The van der Waals surface area contributed by atoms with Crippen molar-refractivity contribution in [2.24, 2.45) is 5.10 Å². The van der Waals surface area contributed by atoms with E-state index in [2.05, 4.69) is 25.9 Å². The Hall–Kier alpha value is -1.66. The van der Waals surface area contributed by atoms with Crippen LogP contribution in [0.2, 0.25) is 0 Å². The van der Waals surface area contributed by atoms with Crippen LogP contribution in [-0.2, 0) is 10.0 Å². The van der Waals surface area contributed by atoms with Gasteiger partial charge in [0.25, 0.3) is 10.0 Å². The lowest BCUT2D eigenvalue weighted by molar-refractivity contribution is 0.584. The molecule has 1 N–H and O–H groups in total. The van der Waals surface area contributed by atoms with E-state index in [-0.39, 0.29) is 4.90 Å². The van der Waals surface area contributed by atoms with Crippen molar-refractivity contribution in [1.82, 2.24) is 4.83 Å². The molecule has 0 aromatic heterocycles. The summed E-state index contributed by atoms with van der Waals surface area (Å²) in [6, 6.07) is 12.3. The smallest absolute Gasteiger partial charge is 0.200 e. The highest BCUT2D eigenvalue weighted by Crippen LogP contribution is 2.14. The van der Waals surface area contributed by atoms with E-state index in [4.69, 9.17) is 0 Å². The Labute approximate surface area is 133 Å². The first kappa shape index (κ1) is 15.7. The number of benzene rings is 2. The topological polar surface area (TPSA) is 58.5 Å². The molecule has 2 aromatic carbocycles. The number of hydrogen-bond acceptors (Lipinski definition) is 3. The van der Waals surface area contributed by atoms with Gasteiger partial charge in [-0.25, -0.2) is 4.83 Å². The summed E-state index contributed by atoms with van der Waals surface area (Å²) in [4.78, 5) is 2.41. The van der Waals surface area contributed by atoms with Crippen molar-refractivity contribution in [3.8, 4) is 0 Å². The van der Waals surface area contributed by atoms with Gasteiger partial charge in [0.05, 0.1) is 11.1 Å². The maximum Gasteiger partial charge on any atom is 0.276 e. The molecule has 110 valence electrons. The normalized spacial score (nSPS) is 11.8. The zero-order chi connectivity index (χ0) is 15.5. The molecule has 21 heavy (non-hydrogen) atoms. The second-order valence-corrected chi connectivity index (χ2v) is 7.24. The summed E-state index contributed by atoms with van der Waals surface area (Å²) in [6.07, 6.45) is 1.49. The third kappa shape index (κ3) is 4.15. The minimum absolute atomic E-state index is 0.192. The molecule has 0 spiro atoms. The Morgan fingerprint density at radius 3 is 2.38 bits per heavy atom. The van der Waals surface area contributed by atoms with E-state index in [1.54, 1.807) is 24.3 Å². The number of hydrazone groups is 1. The van der Waals surface area contributed by atoms with E-state index in [9.17, 15) is 8.42 Å². The van der Waals surface area contributed by atoms with Crippen LogP contribution in [-0.4, -0.2) is 14.6 Å². The van der Waals surface area contributed by atoms with Gasteiger partial charge in [-0.05, 0) is 49.2 Å². The monoisotopic (exact) mass is 366 g/mol. The van der Waals surface area contributed by atoms with Gasteiger partial charge in [0.1, 0.15) is 0 Å². The number of halogens is 1. The third-order valence-corrected chi connectivity index (χ3v) is 4.67. The van der Waals surface area contributed by atoms with Crippen LogP contribution in [0.4, 0.5) is 0 Å². The zero-order valence-electron chi connectivity index (χ0n) is 11.7. The lowest BCUT2D eigenvalue weighted by atomic mass is 10.1. The number of nitrogens with zero attached hydrogens (tertiary/aromatic N) is 1. The SMILES string of the molecule is Cc1ccc(S(=O)(=O)NN=Cc2ccc(Br)cc2C)cc1. The van der Waals surface area contributed by atoms with Crippen LogP contribution < -0.4 is 4.83 Å². The fourth-order valence-electron chi connectivity index (χ4n) is 1.72. The largest absolute Gasteiger partial charge is 0.276 e. The Balaban J connectivity index is 2.14. The fraction of sp³-hybridized carbons (Fsp3) is 0.133. The molecule has 2 aromatic rings. The quantitative estimate of drug-likeness (QED) is 0.665. The number of aryl methyl sites for hydroxylation is 2. The van der Waals surface area contributed by atoms with Gasteiger partial charge in [0, 0.05) is 4.47 Å². The maximum absolute atomic E-state index is 12.0. The van der Waals surface area contributed by atoms with Gasteiger partial charge in [-0.15, -0.1) is 0 Å². The van der Waals surface area contributed by atoms with Crippen LogP contribution in [0.1, 0.15) is 16.7 Å². The average Bonchev–Trinajstić information content (AvgIpc) is 2.41. The van der Waals surface area contributed by atoms with Crippen molar-refractivity contribution in [2.75, 3.05) is 0 Å². The lowest BCUT2D eigenvalue weighted by Crippen LogP contribution is -2.18. The highest BCUT2D eigenvalue weighted by molar-refractivity contribution is 9.10. The molecule has 0 atom stereocenters. The molecule has 0 aliphatic rings. The molecule has 6 heteroatoms. The first-order valence-electron chi connectivity index (χ1n) is 6.26. The second kappa shape index (κ2) is 6.41. The summed E-state index contributed by atoms with van der Waals surface area (Å²) in [6.45, 7) is 3.83. The van der Waals surface area contributed by atoms with Crippen LogP contribution >= 0.6 is 15.9 Å². The molecule has 0 aliphatic heterocycles. The molecule has 0 unspecified atom stereocenters. The van der Waals surface area contributed by atoms with Crippen molar-refractivity contribution in [3.05, 3.63) is 63.6 Å². The third-order valence-electron chi connectivity index (χ3n) is 2.94. The summed E-state index contributed by atoms with van der Waals surface area (Å²) >= 11 is 3.38. The van der Waals surface area contributed by atoms with Gasteiger partial charge in [-0.1, -0.05) is 39.7 Å². The van der Waals surface area contributed by atoms with Gasteiger partial charge >= 0.3 is 0 Å². The molecule has 4 nitrogen and oxygen atoms in total. The second-order valence-electron chi connectivity index (χ2n) is 4.67. The minimum Gasteiger partial charge on any atom is -0.200 e. The van der Waals surface area contributed by atoms with Crippen molar-refractivity contribution >= 4 is 32.2 Å². The van der Waals surface area contributed by atoms with Crippen molar-refractivity contribution < 1.29 is 8.42 Å². The molecule has 0 saturated carbocycles. The first-order valence-corrected chi connectivity index (χ1v) is 8.54. The summed E-state index contributed by atoms with van der Waals surface area (Å²) in [5.74, 6) is 0. The fourth-order valence-corrected chi connectivity index (χ4v) is 2.99. The molecular formula is C15H15BrN2O2S. The number of rotatable bonds is 4. The number of sulfonamides is 1.